The van der Waals surface area contributed by atoms with Crippen molar-refractivity contribution in [2.75, 3.05) is 7.11 Å². The number of hydrogen-bond acceptors (Lipinski definition) is 8. The van der Waals surface area contributed by atoms with Crippen LogP contribution in [0, 0.1) is 10.1 Å². The van der Waals surface area contributed by atoms with Crippen LogP contribution < -0.4 is 10.6 Å². The van der Waals surface area contributed by atoms with Gasteiger partial charge in [-0.3, -0.25) is 14.9 Å². The molecule has 0 unspecified atom stereocenters. The number of nitrogens with one attached hydrogen (secondary N) is 2. The van der Waals surface area contributed by atoms with E-state index in [0.29, 0.717) is 17.0 Å². The highest BCUT2D eigenvalue weighted by atomic mass is 16.6. The maximum Gasteiger partial charge on any atom is 0.336 e. The maximum absolute atomic E-state index is 13.9. The van der Waals surface area contributed by atoms with Crippen LogP contribution in [0.25, 0.3) is 0 Å². The summed E-state index contributed by atoms with van der Waals surface area (Å²) in [5, 5.41) is 17.4. The fourth-order valence-electron chi connectivity index (χ4n) is 4.48. The average molecular weight is 536 g/mol. The first-order chi connectivity index (χ1) is 18.3. The number of dihydropyridines is 1. The fraction of sp³-hybridized carbons (Fsp3) is 0.345. The van der Waals surface area contributed by atoms with E-state index in [-0.39, 0.29) is 23.3 Å². The third kappa shape index (κ3) is 7.10. The normalized spacial score (nSPS) is 16.2. The highest BCUT2D eigenvalue weighted by Gasteiger charge is 2.39. The van der Waals surface area contributed by atoms with Gasteiger partial charge in [0.1, 0.15) is 11.6 Å². The molecule has 39 heavy (non-hydrogen) atoms. The Bertz CT molecular complexity index is 1340. The predicted octanol–water partition coefficient (Wildman–Crippen LogP) is 4.07. The first-order valence-corrected chi connectivity index (χ1v) is 12.4. The molecule has 0 aromatic heterocycles. The van der Waals surface area contributed by atoms with Crippen LogP contribution in [0.15, 0.2) is 77.1 Å². The Labute approximate surface area is 227 Å². The van der Waals surface area contributed by atoms with Gasteiger partial charge in [-0.05, 0) is 45.7 Å². The standard InChI is InChI=1S/C29H33N3O7/c1-17-23(26(33)31-22(27(34)39-29(3,4)5)15-19-11-8-7-9-12-19)25(24(18(2)30-17)28(35)38-6)20-13-10-14-21(16-20)32(36)37/h7-14,16,22,25,30H,15H2,1-6H3,(H,31,33)/t22-,25+/m0/s1. The van der Waals surface area contributed by atoms with E-state index < -0.39 is 40.3 Å². The Morgan fingerprint density at radius 2 is 1.67 bits per heavy atom. The van der Waals surface area contributed by atoms with Crippen molar-refractivity contribution in [2.45, 2.75) is 58.6 Å². The minimum Gasteiger partial charge on any atom is -0.466 e. The summed E-state index contributed by atoms with van der Waals surface area (Å²) in [6.45, 7) is 8.53. The summed E-state index contributed by atoms with van der Waals surface area (Å²) in [4.78, 5) is 51.0. The molecule has 2 aromatic rings. The van der Waals surface area contributed by atoms with Crippen LogP contribution in [-0.2, 0) is 30.3 Å². The van der Waals surface area contributed by atoms with Crippen LogP contribution in [0.4, 0.5) is 5.69 Å². The number of carbonyl (C=O) groups excluding carboxylic acids is 3. The lowest BCUT2D eigenvalue weighted by atomic mass is 9.79. The Morgan fingerprint density at radius 3 is 2.26 bits per heavy atom. The minimum absolute atomic E-state index is 0.128. The van der Waals surface area contributed by atoms with Crippen LogP contribution in [-0.4, -0.2) is 41.5 Å². The number of ether oxygens (including phenoxy) is 2. The molecule has 0 radical (unpaired) electrons. The molecule has 1 amide bonds. The highest BCUT2D eigenvalue weighted by Crippen LogP contribution is 2.39. The Hall–Kier alpha value is -4.47. The number of non-ortho nitro benzene ring substituents is 1. The van der Waals surface area contributed by atoms with Crippen molar-refractivity contribution < 1.29 is 28.8 Å². The molecule has 3 rings (SSSR count). The summed E-state index contributed by atoms with van der Waals surface area (Å²) in [6.07, 6.45) is 0.168. The van der Waals surface area contributed by atoms with Crippen molar-refractivity contribution in [3.8, 4) is 0 Å². The zero-order valence-corrected chi connectivity index (χ0v) is 22.9. The molecule has 206 valence electrons. The van der Waals surface area contributed by atoms with Crippen molar-refractivity contribution in [3.05, 3.63) is 98.4 Å². The number of carbonyl (C=O) groups is 3. The van der Waals surface area contributed by atoms with Crippen molar-refractivity contribution in [3.63, 3.8) is 0 Å². The summed E-state index contributed by atoms with van der Waals surface area (Å²) in [5.41, 5.74) is 1.31. The lowest BCUT2D eigenvalue weighted by Crippen LogP contribution is -2.47. The molecule has 10 heteroatoms. The molecule has 0 bridgehead atoms. The molecule has 1 aliphatic rings. The highest BCUT2D eigenvalue weighted by molar-refractivity contribution is 6.03. The van der Waals surface area contributed by atoms with E-state index in [1.165, 1.54) is 25.3 Å². The molecule has 0 saturated carbocycles. The van der Waals surface area contributed by atoms with Crippen molar-refractivity contribution >= 4 is 23.5 Å². The molecule has 1 aliphatic heterocycles. The first kappa shape index (κ1) is 29.1. The molecule has 10 nitrogen and oxygen atoms in total. The first-order valence-electron chi connectivity index (χ1n) is 12.4. The molecule has 2 aromatic carbocycles. The molecule has 1 heterocycles. The van der Waals surface area contributed by atoms with E-state index in [0.717, 1.165) is 5.56 Å². The monoisotopic (exact) mass is 535 g/mol. The van der Waals surface area contributed by atoms with E-state index in [4.69, 9.17) is 9.47 Å². The van der Waals surface area contributed by atoms with Crippen LogP contribution >= 0.6 is 0 Å². The number of hydrogen-bond donors (Lipinski definition) is 2. The second-order valence-electron chi connectivity index (χ2n) is 10.2. The molecule has 2 atom stereocenters. The molecular weight excluding hydrogens is 502 g/mol. The van der Waals surface area contributed by atoms with Crippen LogP contribution in [0.1, 0.15) is 51.7 Å². The van der Waals surface area contributed by atoms with Crippen LogP contribution in [0.5, 0.6) is 0 Å². The molecular formula is C29H33N3O7. The predicted molar refractivity (Wildman–Crippen MR) is 144 cm³/mol. The third-order valence-corrected chi connectivity index (χ3v) is 6.10. The quantitative estimate of drug-likeness (QED) is 0.293. The molecule has 0 spiro atoms. The SMILES string of the molecule is COC(=O)C1=C(C)NC(C)=C(C(=O)N[C@@H](Cc2ccccc2)C(=O)OC(C)(C)C)[C@H]1c1cccc([N+](=O)[O-])c1. The van der Waals surface area contributed by atoms with Crippen molar-refractivity contribution in [1.82, 2.24) is 10.6 Å². The van der Waals surface area contributed by atoms with Gasteiger partial charge < -0.3 is 20.1 Å². The van der Waals surface area contributed by atoms with Gasteiger partial charge in [-0.1, -0.05) is 42.5 Å². The lowest BCUT2D eigenvalue weighted by molar-refractivity contribution is -0.384. The number of nitro groups is 1. The number of methoxy groups -OCH3 is 1. The van der Waals surface area contributed by atoms with Gasteiger partial charge in [0.2, 0.25) is 0 Å². The summed E-state index contributed by atoms with van der Waals surface area (Å²) in [6, 6.07) is 13.9. The number of nitro benzene ring substituents is 1. The zero-order valence-electron chi connectivity index (χ0n) is 22.9. The Kier molecular flexibility index (Phi) is 8.90. The third-order valence-electron chi connectivity index (χ3n) is 6.10. The number of rotatable bonds is 8. The zero-order chi connectivity index (χ0) is 28.9. The number of benzene rings is 2. The number of amides is 1. The van der Waals surface area contributed by atoms with Gasteiger partial charge in [0.15, 0.2) is 0 Å². The summed E-state index contributed by atoms with van der Waals surface area (Å²) < 4.78 is 10.6. The number of allylic oxidation sites excluding steroid dienone is 2. The Morgan fingerprint density at radius 1 is 1.03 bits per heavy atom. The van der Waals surface area contributed by atoms with Crippen molar-refractivity contribution in [1.29, 1.82) is 0 Å². The average Bonchev–Trinajstić information content (AvgIpc) is 2.87. The van der Waals surface area contributed by atoms with E-state index >= 15 is 0 Å². The molecule has 2 N–H and O–H groups in total. The largest absolute Gasteiger partial charge is 0.466 e. The van der Waals surface area contributed by atoms with E-state index in [9.17, 15) is 24.5 Å². The topological polar surface area (TPSA) is 137 Å². The van der Waals surface area contributed by atoms with Gasteiger partial charge in [0, 0.05) is 35.5 Å². The molecule has 0 fully saturated rings. The van der Waals surface area contributed by atoms with E-state index in [1.54, 1.807) is 40.7 Å². The van der Waals surface area contributed by atoms with Gasteiger partial charge in [-0.2, -0.15) is 0 Å². The van der Waals surface area contributed by atoms with Gasteiger partial charge in [-0.15, -0.1) is 0 Å². The summed E-state index contributed by atoms with van der Waals surface area (Å²) >= 11 is 0. The summed E-state index contributed by atoms with van der Waals surface area (Å²) in [7, 11) is 1.22. The van der Waals surface area contributed by atoms with Gasteiger partial charge in [0.25, 0.3) is 11.6 Å². The smallest absolute Gasteiger partial charge is 0.336 e. The lowest BCUT2D eigenvalue weighted by Gasteiger charge is -2.32. The van der Waals surface area contributed by atoms with Crippen molar-refractivity contribution in [2.24, 2.45) is 0 Å². The number of esters is 2. The van der Waals surface area contributed by atoms with Crippen LogP contribution in [0.3, 0.4) is 0 Å². The van der Waals surface area contributed by atoms with Gasteiger partial charge in [0.05, 0.1) is 23.5 Å². The second-order valence-corrected chi connectivity index (χ2v) is 10.2. The molecule has 0 saturated heterocycles. The van der Waals surface area contributed by atoms with E-state index in [1.807, 2.05) is 30.3 Å². The maximum atomic E-state index is 13.9. The second kappa shape index (κ2) is 11.9. The minimum atomic E-state index is -1.04. The Balaban J connectivity index is 2.08. The number of nitrogens with zero attached hydrogens (tertiary/aromatic N) is 1. The fourth-order valence-corrected chi connectivity index (χ4v) is 4.48. The van der Waals surface area contributed by atoms with E-state index in [2.05, 4.69) is 10.6 Å². The van der Waals surface area contributed by atoms with Crippen LogP contribution in [0.2, 0.25) is 0 Å². The molecule has 0 aliphatic carbocycles. The summed E-state index contributed by atoms with van der Waals surface area (Å²) in [5.74, 6) is -2.93. The van der Waals surface area contributed by atoms with Gasteiger partial charge in [-0.25, -0.2) is 9.59 Å². The van der Waals surface area contributed by atoms with Gasteiger partial charge >= 0.3 is 11.9 Å².